The van der Waals surface area contributed by atoms with E-state index in [0.717, 1.165) is 16.2 Å². The number of rotatable bonds is 6. The molecule has 0 fully saturated rings. The van der Waals surface area contributed by atoms with Crippen molar-refractivity contribution in [1.29, 1.82) is 0 Å². The third-order valence-corrected chi connectivity index (χ3v) is 5.14. The first-order valence-corrected chi connectivity index (χ1v) is 9.87. The average molecular weight is 424 g/mol. The highest BCUT2D eigenvalue weighted by atomic mass is 16.6. The lowest BCUT2D eigenvalue weighted by Gasteiger charge is -1.96. The lowest BCUT2D eigenvalue weighted by atomic mass is 10.1. The zero-order valence-electron chi connectivity index (χ0n) is 16.7. The molecule has 2 heterocycles. The topological polar surface area (TPSA) is 98.8 Å². The number of carbonyl (C=O) groups excluding carboxylic acids is 1. The van der Waals surface area contributed by atoms with E-state index in [-0.39, 0.29) is 23.8 Å². The van der Waals surface area contributed by atoms with Gasteiger partial charge in [0, 0.05) is 23.1 Å². The van der Waals surface area contributed by atoms with Gasteiger partial charge in [0.25, 0.3) is 5.69 Å². The molecule has 0 unspecified atom stereocenters. The number of hydrogen-bond acceptors (Lipinski definition) is 6. The Morgan fingerprint density at radius 2 is 1.75 bits per heavy atom. The fourth-order valence-corrected chi connectivity index (χ4v) is 3.55. The van der Waals surface area contributed by atoms with Gasteiger partial charge in [-0.15, -0.1) is 0 Å². The summed E-state index contributed by atoms with van der Waals surface area (Å²) in [5.74, 6) is 1.06. The zero-order chi connectivity index (χ0) is 22.1. The molecule has 0 saturated carbocycles. The second kappa shape index (κ2) is 7.96. The minimum atomic E-state index is -0.453. The molecule has 0 radical (unpaired) electrons. The van der Waals surface area contributed by atoms with Gasteiger partial charge in [-0.25, -0.2) is 0 Å². The zero-order valence-corrected chi connectivity index (χ0v) is 16.7. The Labute approximate surface area is 181 Å². The fourth-order valence-electron chi connectivity index (χ4n) is 3.55. The summed E-state index contributed by atoms with van der Waals surface area (Å²) < 4.78 is 11.4. The van der Waals surface area contributed by atoms with Crippen LogP contribution in [0.3, 0.4) is 0 Å². The van der Waals surface area contributed by atoms with Crippen molar-refractivity contribution >= 4 is 39.4 Å². The van der Waals surface area contributed by atoms with E-state index in [0.29, 0.717) is 22.7 Å². The molecule has 0 amide bonds. The van der Waals surface area contributed by atoms with Crippen LogP contribution in [0, 0.1) is 10.1 Å². The summed E-state index contributed by atoms with van der Waals surface area (Å²) in [4.78, 5) is 27.1. The highest BCUT2D eigenvalue weighted by Crippen LogP contribution is 2.28. The number of furan rings is 2. The molecule has 0 aliphatic carbocycles. The van der Waals surface area contributed by atoms with Gasteiger partial charge in [0.1, 0.15) is 23.6 Å². The Morgan fingerprint density at radius 1 is 0.938 bits per heavy atom. The normalized spacial score (nSPS) is 11.5. The number of hydrogen-bond donors (Lipinski definition) is 0. The maximum atomic E-state index is 12.6. The maximum absolute atomic E-state index is 12.6. The molecular formula is C25H16N2O5. The van der Waals surface area contributed by atoms with E-state index in [1.807, 2.05) is 36.4 Å². The van der Waals surface area contributed by atoms with Crippen LogP contribution in [0.5, 0.6) is 0 Å². The molecule has 2 aromatic heterocycles. The van der Waals surface area contributed by atoms with Gasteiger partial charge in [-0.1, -0.05) is 30.3 Å². The maximum Gasteiger partial charge on any atom is 0.269 e. The minimum absolute atomic E-state index is 0.0131. The van der Waals surface area contributed by atoms with Crippen LogP contribution in [-0.2, 0) is 0 Å². The number of nitro groups is 1. The SMILES string of the molecule is O=C(CN=Cc1ccc(-c2ccc([N+](=O)[O-])cc2)o1)c1cc2c(ccc3ccccc32)o1. The standard InChI is InChI=1S/C25H16N2O5/c28-22(25-13-21-20-4-2-1-3-16(20)7-11-24(21)32-25)15-26-14-19-10-12-23(31-19)17-5-8-18(9-6-17)27(29)30/h1-14H,15H2. The van der Waals surface area contributed by atoms with E-state index in [2.05, 4.69) is 4.99 Å². The number of aliphatic imine (C=N–C) groups is 1. The quantitative estimate of drug-likeness (QED) is 0.143. The number of Topliss-reactive ketones (excluding diaryl/α,β-unsaturated/α-hetero) is 1. The lowest BCUT2D eigenvalue weighted by molar-refractivity contribution is -0.384. The number of carbonyl (C=O) groups is 1. The Hall–Kier alpha value is -4.52. The van der Waals surface area contributed by atoms with E-state index < -0.39 is 4.92 Å². The first-order valence-electron chi connectivity index (χ1n) is 9.87. The van der Waals surface area contributed by atoms with E-state index >= 15 is 0 Å². The molecule has 7 heteroatoms. The van der Waals surface area contributed by atoms with Gasteiger partial charge in [0.2, 0.25) is 5.78 Å². The van der Waals surface area contributed by atoms with E-state index in [9.17, 15) is 14.9 Å². The van der Waals surface area contributed by atoms with Crippen LogP contribution >= 0.6 is 0 Å². The third-order valence-electron chi connectivity index (χ3n) is 5.14. The van der Waals surface area contributed by atoms with Gasteiger partial charge in [-0.05, 0) is 47.2 Å². The molecule has 32 heavy (non-hydrogen) atoms. The van der Waals surface area contributed by atoms with Crippen LogP contribution in [0.25, 0.3) is 33.1 Å². The van der Waals surface area contributed by atoms with Crippen LogP contribution < -0.4 is 0 Å². The largest absolute Gasteiger partial charge is 0.455 e. The van der Waals surface area contributed by atoms with Crippen molar-refractivity contribution in [2.75, 3.05) is 6.54 Å². The summed E-state index contributed by atoms with van der Waals surface area (Å²) in [6.07, 6.45) is 1.48. The highest BCUT2D eigenvalue weighted by molar-refractivity contribution is 6.09. The molecule has 0 aliphatic rings. The minimum Gasteiger partial charge on any atom is -0.455 e. The Balaban J connectivity index is 1.29. The smallest absolute Gasteiger partial charge is 0.269 e. The second-order valence-electron chi connectivity index (χ2n) is 7.21. The van der Waals surface area contributed by atoms with E-state index in [4.69, 9.17) is 8.83 Å². The molecule has 0 saturated heterocycles. The molecule has 7 nitrogen and oxygen atoms in total. The summed E-state index contributed by atoms with van der Waals surface area (Å²) in [5.41, 5.74) is 1.38. The summed E-state index contributed by atoms with van der Waals surface area (Å²) in [7, 11) is 0. The third kappa shape index (κ3) is 3.67. The second-order valence-corrected chi connectivity index (χ2v) is 7.21. The predicted octanol–water partition coefficient (Wildman–Crippen LogP) is 6.06. The summed E-state index contributed by atoms with van der Waals surface area (Å²) >= 11 is 0. The number of nitrogens with zero attached hydrogens (tertiary/aromatic N) is 2. The molecular weight excluding hydrogens is 408 g/mol. The molecule has 0 aliphatic heterocycles. The Morgan fingerprint density at radius 3 is 2.56 bits per heavy atom. The van der Waals surface area contributed by atoms with Crippen molar-refractivity contribution in [3.8, 4) is 11.3 Å². The van der Waals surface area contributed by atoms with Crippen molar-refractivity contribution in [1.82, 2.24) is 0 Å². The monoisotopic (exact) mass is 424 g/mol. The van der Waals surface area contributed by atoms with E-state index in [1.165, 1.54) is 18.3 Å². The number of nitro benzene ring substituents is 1. The Kier molecular flexibility index (Phi) is 4.84. The molecule has 0 atom stereocenters. The molecule has 0 N–H and O–H groups in total. The summed E-state index contributed by atoms with van der Waals surface area (Å²) in [5, 5.41) is 13.8. The highest BCUT2D eigenvalue weighted by Gasteiger charge is 2.13. The van der Waals surface area contributed by atoms with Crippen molar-refractivity contribution in [2.45, 2.75) is 0 Å². The van der Waals surface area contributed by atoms with Gasteiger partial charge in [0.05, 0.1) is 11.1 Å². The van der Waals surface area contributed by atoms with Crippen LogP contribution in [0.15, 0.2) is 92.7 Å². The van der Waals surface area contributed by atoms with Crippen LogP contribution in [0.2, 0.25) is 0 Å². The molecule has 156 valence electrons. The van der Waals surface area contributed by atoms with Crippen molar-refractivity contribution in [3.63, 3.8) is 0 Å². The predicted molar refractivity (Wildman–Crippen MR) is 121 cm³/mol. The number of benzene rings is 3. The van der Waals surface area contributed by atoms with Crippen molar-refractivity contribution < 1.29 is 18.6 Å². The van der Waals surface area contributed by atoms with Gasteiger partial charge >= 0.3 is 0 Å². The summed E-state index contributed by atoms with van der Waals surface area (Å²) in [6.45, 7) is -0.0781. The molecule has 3 aromatic carbocycles. The molecule has 0 bridgehead atoms. The van der Waals surface area contributed by atoms with Gasteiger partial charge in [-0.3, -0.25) is 19.9 Å². The number of non-ortho nitro benzene ring substituents is 1. The van der Waals surface area contributed by atoms with E-state index in [1.54, 1.807) is 30.3 Å². The average Bonchev–Trinajstić information content (AvgIpc) is 3.46. The van der Waals surface area contributed by atoms with Crippen LogP contribution in [0.1, 0.15) is 16.3 Å². The van der Waals surface area contributed by atoms with Crippen LogP contribution in [0.4, 0.5) is 5.69 Å². The van der Waals surface area contributed by atoms with Crippen LogP contribution in [-0.4, -0.2) is 23.5 Å². The first-order chi connectivity index (χ1) is 15.6. The van der Waals surface area contributed by atoms with Gasteiger partial charge in [-0.2, -0.15) is 0 Å². The van der Waals surface area contributed by atoms with Gasteiger partial charge < -0.3 is 8.83 Å². The molecule has 0 spiro atoms. The van der Waals surface area contributed by atoms with Crippen molar-refractivity contribution in [3.05, 3.63) is 100 Å². The lowest BCUT2D eigenvalue weighted by Crippen LogP contribution is -2.01. The molecule has 5 aromatic rings. The number of fused-ring (bicyclic) bond motifs is 3. The Bertz CT molecular complexity index is 1490. The van der Waals surface area contributed by atoms with Gasteiger partial charge in [0.15, 0.2) is 5.76 Å². The fraction of sp³-hybridized carbons (Fsp3) is 0.0400. The van der Waals surface area contributed by atoms with Crippen molar-refractivity contribution in [2.24, 2.45) is 4.99 Å². The molecule has 5 rings (SSSR count). The number of ketones is 1. The summed E-state index contributed by atoms with van der Waals surface area (Å²) in [6, 6.07) is 23.1. The first kappa shape index (κ1) is 19.4.